The maximum Gasteiger partial charge on any atom is 0.114 e. The SMILES string of the molecule is Br.Cn1ccnc1C12CC3CC(CC(C3)C1)C2. The van der Waals surface area contributed by atoms with E-state index in [0.29, 0.717) is 5.41 Å². The van der Waals surface area contributed by atoms with E-state index in [1.54, 1.807) is 0 Å². The zero-order valence-electron chi connectivity index (χ0n) is 10.4. The predicted molar refractivity (Wildman–Crippen MR) is 73.4 cm³/mol. The van der Waals surface area contributed by atoms with Crippen LogP contribution in [0.4, 0.5) is 0 Å². The summed E-state index contributed by atoms with van der Waals surface area (Å²) in [5.41, 5.74) is 0.465. The standard InChI is InChI=1S/C14H20N2.BrH/c1-16-3-2-15-13(16)14-7-10-4-11(8-14)6-12(5-10)9-14;/h2-3,10-12H,4-9H2,1H3;1H. The molecule has 0 amide bonds. The molecule has 3 heteroatoms. The Morgan fingerprint density at radius 1 is 1.12 bits per heavy atom. The van der Waals surface area contributed by atoms with Gasteiger partial charge in [0.15, 0.2) is 0 Å². The van der Waals surface area contributed by atoms with Crippen molar-refractivity contribution in [3.8, 4) is 0 Å². The quantitative estimate of drug-likeness (QED) is 0.776. The smallest absolute Gasteiger partial charge is 0.114 e. The van der Waals surface area contributed by atoms with Crippen molar-refractivity contribution < 1.29 is 0 Å². The van der Waals surface area contributed by atoms with Crippen LogP contribution in [0.1, 0.15) is 44.3 Å². The molecule has 4 aliphatic rings. The average molecular weight is 297 g/mol. The molecule has 5 rings (SSSR count). The maximum atomic E-state index is 4.67. The lowest BCUT2D eigenvalue weighted by Gasteiger charge is -2.56. The molecule has 1 aromatic heterocycles. The Hall–Kier alpha value is -0.310. The van der Waals surface area contributed by atoms with Crippen molar-refractivity contribution in [3.05, 3.63) is 18.2 Å². The van der Waals surface area contributed by atoms with E-state index in [1.165, 1.54) is 44.3 Å². The second-order valence-electron chi connectivity index (χ2n) is 6.56. The summed E-state index contributed by atoms with van der Waals surface area (Å²) in [6, 6.07) is 0. The first-order valence-corrected chi connectivity index (χ1v) is 6.73. The molecule has 4 bridgehead atoms. The molecule has 0 N–H and O–H groups in total. The van der Waals surface area contributed by atoms with Gasteiger partial charge in [-0.05, 0) is 56.3 Å². The van der Waals surface area contributed by atoms with Crippen LogP contribution in [0.2, 0.25) is 0 Å². The summed E-state index contributed by atoms with van der Waals surface area (Å²) in [7, 11) is 2.17. The number of hydrogen-bond acceptors (Lipinski definition) is 1. The van der Waals surface area contributed by atoms with Crippen LogP contribution < -0.4 is 0 Å². The van der Waals surface area contributed by atoms with Crippen LogP contribution >= 0.6 is 17.0 Å². The Bertz CT molecular complexity index is 388. The molecule has 0 unspecified atom stereocenters. The minimum atomic E-state index is 0. The Morgan fingerprint density at radius 3 is 2.06 bits per heavy atom. The van der Waals surface area contributed by atoms with E-state index in [-0.39, 0.29) is 17.0 Å². The van der Waals surface area contributed by atoms with E-state index < -0.39 is 0 Å². The molecule has 0 aromatic carbocycles. The number of aryl methyl sites for hydroxylation is 1. The zero-order chi connectivity index (χ0) is 10.8. The third-order valence-corrected chi connectivity index (χ3v) is 5.33. The first-order chi connectivity index (χ1) is 7.75. The summed E-state index contributed by atoms with van der Waals surface area (Å²) in [4.78, 5) is 4.67. The molecule has 1 aromatic rings. The molecule has 0 radical (unpaired) electrons. The van der Waals surface area contributed by atoms with Crippen molar-refractivity contribution >= 4 is 17.0 Å². The summed E-state index contributed by atoms with van der Waals surface area (Å²) < 4.78 is 2.27. The highest BCUT2D eigenvalue weighted by atomic mass is 79.9. The molecule has 0 atom stereocenters. The second-order valence-corrected chi connectivity index (χ2v) is 6.56. The highest BCUT2D eigenvalue weighted by Crippen LogP contribution is 2.60. The molecule has 17 heavy (non-hydrogen) atoms. The zero-order valence-corrected chi connectivity index (χ0v) is 12.1. The van der Waals surface area contributed by atoms with Gasteiger partial charge >= 0.3 is 0 Å². The van der Waals surface area contributed by atoms with Crippen molar-refractivity contribution in [3.63, 3.8) is 0 Å². The van der Waals surface area contributed by atoms with E-state index in [9.17, 15) is 0 Å². The van der Waals surface area contributed by atoms with Gasteiger partial charge in [0, 0.05) is 24.9 Å². The van der Waals surface area contributed by atoms with Gasteiger partial charge in [-0.2, -0.15) is 0 Å². The number of halogens is 1. The van der Waals surface area contributed by atoms with Crippen molar-refractivity contribution in [1.82, 2.24) is 9.55 Å². The van der Waals surface area contributed by atoms with Gasteiger partial charge < -0.3 is 4.57 Å². The summed E-state index contributed by atoms with van der Waals surface area (Å²) in [6.07, 6.45) is 12.9. The van der Waals surface area contributed by atoms with Gasteiger partial charge in [0.1, 0.15) is 5.82 Å². The Labute approximate surface area is 114 Å². The van der Waals surface area contributed by atoms with E-state index in [1.807, 2.05) is 6.20 Å². The monoisotopic (exact) mass is 296 g/mol. The van der Waals surface area contributed by atoms with Gasteiger partial charge in [-0.15, -0.1) is 17.0 Å². The van der Waals surface area contributed by atoms with Crippen LogP contribution in [0.3, 0.4) is 0 Å². The third-order valence-electron chi connectivity index (χ3n) is 5.33. The number of hydrogen-bond donors (Lipinski definition) is 0. The first kappa shape index (κ1) is 11.8. The van der Waals surface area contributed by atoms with Gasteiger partial charge in [-0.3, -0.25) is 0 Å². The average Bonchev–Trinajstić information content (AvgIpc) is 2.62. The molecule has 2 nitrogen and oxygen atoms in total. The van der Waals surface area contributed by atoms with Crippen LogP contribution in [-0.4, -0.2) is 9.55 Å². The van der Waals surface area contributed by atoms with Gasteiger partial charge in [-0.25, -0.2) is 4.98 Å². The number of aromatic nitrogens is 2. The van der Waals surface area contributed by atoms with E-state index in [0.717, 1.165) is 17.8 Å². The normalized spacial score (nSPS) is 42.5. The molecule has 1 heterocycles. The topological polar surface area (TPSA) is 17.8 Å². The highest BCUT2D eigenvalue weighted by Gasteiger charge is 2.53. The first-order valence-electron chi connectivity index (χ1n) is 6.73. The molecular weight excluding hydrogens is 276 g/mol. The van der Waals surface area contributed by atoms with Gasteiger partial charge in [-0.1, -0.05) is 0 Å². The van der Waals surface area contributed by atoms with Crippen molar-refractivity contribution in [2.24, 2.45) is 24.8 Å². The minimum absolute atomic E-state index is 0. The molecule has 4 aliphatic carbocycles. The molecule has 4 fully saturated rings. The number of rotatable bonds is 1. The highest BCUT2D eigenvalue weighted by molar-refractivity contribution is 8.93. The predicted octanol–water partition coefficient (Wildman–Crippen LogP) is 3.47. The van der Waals surface area contributed by atoms with E-state index >= 15 is 0 Å². The van der Waals surface area contributed by atoms with Crippen LogP contribution in [0, 0.1) is 17.8 Å². The fourth-order valence-corrected chi connectivity index (χ4v) is 5.26. The molecule has 94 valence electrons. The van der Waals surface area contributed by atoms with Gasteiger partial charge in [0.25, 0.3) is 0 Å². The summed E-state index contributed by atoms with van der Waals surface area (Å²) in [5, 5.41) is 0. The summed E-state index contributed by atoms with van der Waals surface area (Å²) in [5.74, 6) is 4.43. The lowest BCUT2D eigenvalue weighted by Crippen LogP contribution is -2.49. The van der Waals surface area contributed by atoms with E-state index in [2.05, 4.69) is 22.8 Å². The number of nitrogens with zero attached hydrogens (tertiary/aromatic N) is 2. The Morgan fingerprint density at radius 2 is 1.65 bits per heavy atom. The summed E-state index contributed by atoms with van der Waals surface area (Å²) in [6.45, 7) is 0. The van der Waals surface area contributed by atoms with Crippen molar-refractivity contribution in [1.29, 1.82) is 0 Å². The molecule has 0 aliphatic heterocycles. The van der Waals surface area contributed by atoms with Crippen LogP contribution in [-0.2, 0) is 12.5 Å². The third kappa shape index (κ3) is 1.61. The molecule has 0 saturated heterocycles. The molecule has 4 saturated carbocycles. The van der Waals surface area contributed by atoms with Gasteiger partial charge in [0.05, 0.1) is 0 Å². The van der Waals surface area contributed by atoms with Crippen molar-refractivity contribution in [2.75, 3.05) is 0 Å². The minimum Gasteiger partial charge on any atom is -0.338 e. The Kier molecular flexibility index (Phi) is 2.66. The van der Waals surface area contributed by atoms with Crippen LogP contribution in [0.25, 0.3) is 0 Å². The fourth-order valence-electron chi connectivity index (χ4n) is 5.26. The largest absolute Gasteiger partial charge is 0.338 e. The second kappa shape index (κ2) is 3.84. The van der Waals surface area contributed by atoms with Gasteiger partial charge in [0.2, 0.25) is 0 Å². The maximum absolute atomic E-state index is 4.67. The Balaban J connectivity index is 0.000000902. The lowest BCUT2D eigenvalue weighted by molar-refractivity contribution is -0.0106. The van der Waals surface area contributed by atoms with Crippen LogP contribution in [0.15, 0.2) is 12.4 Å². The summed E-state index contributed by atoms with van der Waals surface area (Å²) >= 11 is 0. The molecule has 0 spiro atoms. The molecular formula is C14H21BrN2. The van der Waals surface area contributed by atoms with Crippen molar-refractivity contribution in [2.45, 2.75) is 43.9 Å². The van der Waals surface area contributed by atoms with Crippen LogP contribution in [0.5, 0.6) is 0 Å². The number of imidazole rings is 1. The fraction of sp³-hybridized carbons (Fsp3) is 0.786. The van der Waals surface area contributed by atoms with E-state index in [4.69, 9.17) is 0 Å². The lowest BCUT2D eigenvalue weighted by atomic mass is 9.49.